The zero-order valence-corrected chi connectivity index (χ0v) is 16.0. The van der Waals surface area contributed by atoms with Gasteiger partial charge in [-0.15, -0.1) is 0 Å². The molecule has 1 aliphatic heterocycles. The van der Waals surface area contributed by atoms with Crippen molar-refractivity contribution in [3.05, 3.63) is 58.3 Å². The second kappa shape index (κ2) is 7.54. The van der Waals surface area contributed by atoms with Crippen molar-refractivity contribution in [2.45, 2.75) is 0 Å². The van der Waals surface area contributed by atoms with Crippen LogP contribution >= 0.6 is 15.9 Å². The number of ether oxygens (including phenoxy) is 2. The fraction of sp³-hybridized carbons (Fsp3) is 0.0526. The van der Waals surface area contributed by atoms with Gasteiger partial charge in [0.25, 0.3) is 0 Å². The molecule has 0 saturated heterocycles. The van der Waals surface area contributed by atoms with Gasteiger partial charge in [0.15, 0.2) is 17.3 Å². The lowest BCUT2D eigenvalue weighted by atomic mass is 10.1. The lowest BCUT2D eigenvalue weighted by Crippen LogP contribution is -2.06. The Labute approximate surface area is 168 Å². The van der Waals surface area contributed by atoms with Crippen LogP contribution in [-0.2, 0) is 0 Å². The number of nitrogens with one attached hydrogen (secondary N) is 1. The molecule has 0 fully saturated rings. The normalized spacial score (nSPS) is 12.5. The Morgan fingerprint density at radius 3 is 2.79 bits per heavy atom. The van der Waals surface area contributed by atoms with Crippen molar-refractivity contribution in [1.82, 2.24) is 15.0 Å². The number of benzene rings is 2. The molecule has 0 bridgehead atoms. The van der Waals surface area contributed by atoms with Gasteiger partial charge in [0.1, 0.15) is 6.07 Å². The number of nitrogens with zero attached hydrogens (tertiary/aromatic N) is 4. The highest BCUT2D eigenvalue weighted by molar-refractivity contribution is 9.10. The molecule has 0 radical (unpaired) electrons. The zero-order valence-electron chi connectivity index (χ0n) is 14.4. The number of nitrogen functional groups attached to an aromatic ring is 1. The third kappa shape index (κ3) is 3.72. The first-order chi connectivity index (χ1) is 13.6. The van der Waals surface area contributed by atoms with E-state index in [-0.39, 0.29) is 30.1 Å². The molecule has 1 aromatic heterocycles. The topological polar surface area (TPSA) is 119 Å². The van der Waals surface area contributed by atoms with Crippen molar-refractivity contribution in [3.8, 4) is 17.6 Å². The molecule has 0 atom stereocenters. The maximum Gasteiger partial charge on any atom is 0.232 e. The number of hydrogen-bond donors (Lipinski definition) is 2. The molecular formula is C19H13BrN6O2. The van der Waals surface area contributed by atoms with Crippen LogP contribution in [-0.4, -0.2) is 21.7 Å². The first-order valence-corrected chi connectivity index (χ1v) is 8.96. The smallest absolute Gasteiger partial charge is 0.232 e. The molecule has 0 saturated carbocycles. The van der Waals surface area contributed by atoms with E-state index < -0.39 is 0 Å². The Bertz CT molecular complexity index is 1110. The van der Waals surface area contributed by atoms with Crippen molar-refractivity contribution in [1.29, 1.82) is 5.26 Å². The van der Waals surface area contributed by atoms with E-state index in [9.17, 15) is 5.26 Å². The first kappa shape index (κ1) is 17.8. The number of halogens is 1. The second-order valence-electron chi connectivity index (χ2n) is 5.74. The van der Waals surface area contributed by atoms with Gasteiger partial charge in [-0.05, 0) is 51.8 Å². The standard InChI is InChI=1S/C19H13BrN6O2/c20-14-7-11(8-15-16(14)28-10-27-15)6-12(9-21)17-24-18(22)26-19(25-17)23-13-4-2-1-3-5-13/h1-8H,10H2,(H3,22,23,24,25,26)/b12-6+. The van der Waals surface area contributed by atoms with Gasteiger partial charge in [-0.3, -0.25) is 0 Å². The fourth-order valence-corrected chi connectivity index (χ4v) is 3.18. The molecule has 3 N–H and O–H groups in total. The molecule has 8 nitrogen and oxygen atoms in total. The van der Waals surface area contributed by atoms with E-state index in [1.54, 1.807) is 12.1 Å². The fourth-order valence-electron chi connectivity index (χ4n) is 2.60. The molecular weight excluding hydrogens is 424 g/mol. The minimum Gasteiger partial charge on any atom is -0.454 e. The molecule has 2 heterocycles. The molecule has 1 aliphatic rings. The van der Waals surface area contributed by atoms with Crippen molar-refractivity contribution < 1.29 is 9.47 Å². The van der Waals surface area contributed by atoms with E-state index in [1.165, 1.54) is 0 Å². The zero-order chi connectivity index (χ0) is 19.5. The lowest BCUT2D eigenvalue weighted by Gasteiger charge is -2.07. The lowest BCUT2D eigenvalue weighted by molar-refractivity contribution is 0.173. The summed E-state index contributed by atoms with van der Waals surface area (Å²) in [4.78, 5) is 12.5. The Kier molecular flexibility index (Phi) is 4.78. The molecule has 0 aliphatic carbocycles. The number of fused-ring (bicyclic) bond motifs is 1. The number of anilines is 3. The molecule has 28 heavy (non-hydrogen) atoms. The van der Waals surface area contributed by atoms with Crippen molar-refractivity contribution in [2.24, 2.45) is 0 Å². The summed E-state index contributed by atoms with van der Waals surface area (Å²) in [5, 5.41) is 12.7. The quantitative estimate of drug-likeness (QED) is 0.593. The minimum absolute atomic E-state index is 0.0106. The second-order valence-corrected chi connectivity index (χ2v) is 6.59. The molecule has 138 valence electrons. The molecule has 2 aromatic carbocycles. The van der Waals surface area contributed by atoms with E-state index in [0.717, 1.165) is 15.7 Å². The van der Waals surface area contributed by atoms with Gasteiger partial charge >= 0.3 is 0 Å². The summed E-state index contributed by atoms with van der Waals surface area (Å²) < 4.78 is 11.5. The summed E-state index contributed by atoms with van der Waals surface area (Å²) in [6.45, 7) is 0.157. The summed E-state index contributed by atoms with van der Waals surface area (Å²) in [6.07, 6.45) is 1.65. The largest absolute Gasteiger partial charge is 0.454 e. The first-order valence-electron chi connectivity index (χ1n) is 8.17. The van der Waals surface area contributed by atoms with Gasteiger partial charge in [-0.25, -0.2) is 0 Å². The predicted molar refractivity (Wildman–Crippen MR) is 108 cm³/mol. The van der Waals surface area contributed by atoms with Crippen LogP contribution in [0.4, 0.5) is 17.6 Å². The number of aromatic nitrogens is 3. The highest BCUT2D eigenvalue weighted by Gasteiger charge is 2.18. The summed E-state index contributed by atoms with van der Waals surface area (Å²) in [7, 11) is 0. The Morgan fingerprint density at radius 1 is 1.18 bits per heavy atom. The van der Waals surface area contributed by atoms with E-state index in [2.05, 4.69) is 42.3 Å². The van der Waals surface area contributed by atoms with Crippen LogP contribution in [0.2, 0.25) is 0 Å². The SMILES string of the molecule is N#C/C(=C\c1cc(Br)c2c(c1)OCO2)c1nc(N)nc(Nc2ccccc2)n1. The van der Waals surface area contributed by atoms with Crippen LogP contribution < -0.4 is 20.5 Å². The van der Waals surface area contributed by atoms with Gasteiger partial charge < -0.3 is 20.5 Å². The van der Waals surface area contributed by atoms with Gasteiger partial charge in [-0.2, -0.15) is 20.2 Å². The molecule has 0 spiro atoms. The number of allylic oxidation sites excluding steroid dienone is 1. The van der Waals surface area contributed by atoms with Crippen molar-refractivity contribution >= 4 is 45.2 Å². The highest BCUT2D eigenvalue weighted by Crippen LogP contribution is 2.40. The van der Waals surface area contributed by atoms with Crippen LogP contribution in [0.15, 0.2) is 46.9 Å². The maximum absolute atomic E-state index is 9.63. The van der Waals surface area contributed by atoms with Gasteiger partial charge in [0.2, 0.25) is 18.7 Å². The summed E-state index contributed by atoms with van der Waals surface area (Å²) >= 11 is 3.44. The summed E-state index contributed by atoms with van der Waals surface area (Å²) in [5.41, 5.74) is 7.57. The minimum atomic E-state index is 0.0106. The predicted octanol–water partition coefficient (Wildman–Crippen LogP) is 3.75. The van der Waals surface area contributed by atoms with Gasteiger partial charge in [0.05, 0.1) is 10.0 Å². The van der Waals surface area contributed by atoms with Crippen LogP contribution in [0.5, 0.6) is 11.5 Å². The van der Waals surface area contributed by atoms with Crippen molar-refractivity contribution in [3.63, 3.8) is 0 Å². The van der Waals surface area contributed by atoms with Gasteiger partial charge in [0, 0.05) is 5.69 Å². The monoisotopic (exact) mass is 436 g/mol. The van der Waals surface area contributed by atoms with Crippen molar-refractivity contribution in [2.75, 3.05) is 17.8 Å². The number of rotatable bonds is 4. The number of para-hydroxylation sites is 1. The number of nitriles is 1. The maximum atomic E-state index is 9.63. The Balaban J connectivity index is 1.69. The molecule has 4 rings (SSSR count). The molecule has 3 aromatic rings. The Hall–Kier alpha value is -3.64. The van der Waals surface area contributed by atoms with Crippen LogP contribution in [0.3, 0.4) is 0 Å². The average molecular weight is 437 g/mol. The number of nitrogens with two attached hydrogens (primary N) is 1. The van der Waals surface area contributed by atoms with E-state index in [4.69, 9.17) is 15.2 Å². The van der Waals surface area contributed by atoms with E-state index in [1.807, 2.05) is 36.4 Å². The van der Waals surface area contributed by atoms with Crippen LogP contribution in [0, 0.1) is 11.3 Å². The van der Waals surface area contributed by atoms with Gasteiger partial charge in [-0.1, -0.05) is 18.2 Å². The highest BCUT2D eigenvalue weighted by atomic mass is 79.9. The van der Waals surface area contributed by atoms with Crippen LogP contribution in [0.25, 0.3) is 11.6 Å². The number of hydrogen-bond acceptors (Lipinski definition) is 8. The third-order valence-corrected chi connectivity index (χ3v) is 4.39. The molecule has 0 amide bonds. The summed E-state index contributed by atoms with van der Waals surface area (Å²) in [6, 6.07) is 15.1. The molecule has 9 heteroatoms. The Morgan fingerprint density at radius 2 is 2.00 bits per heavy atom. The van der Waals surface area contributed by atoms with E-state index in [0.29, 0.717) is 11.5 Å². The van der Waals surface area contributed by atoms with E-state index >= 15 is 0 Å². The third-order valence-electron chi connectivity index (χ3n) is 3.80. The summed E-state index contributed by atoms with van der Waals surface area (Å²) in [5.74, 6) is 1.66. The molecule has 0 unspecified atom stereocenters. The average Bonchev–Trinajstić information content (AvgIpc) is 3.15. The van der Waals surface area contributed by atoms with Crippen LogP contribution in [0.1, 0.15) is 11.4 Å².